The van der Waals surface area contributed by atoms with Gasteiger partial charge in [-0.05, 0) is 43.7 Å². The van der Waals surface area contributed by atoms with Crippen molar-refractivity contribution in [1.82, 2.24) is 14.8 Å². The van der Waals surface area contributed by atoms with Crippen LogP contribution in [-0.2, 0) is 17.8 Å². The fourth-order valence-corrected chi connectivity index (χ4v) is 2.71. The molecule has 6 nitrogen and oxygen atoms in total. The monoisotopic (exact) mass is 350 g/mol. The number of hydrogen-bond acceptors (Lipinski definition) is 4. The molecular weight excluding hydrogens is 328 g/mol. The molecule has 6 heteroatoms. The molecule has 0 unspecified atom stereocenters. The molecule has 3 aromatic rings. The number of carbonyl (C=O) groups is 1. The van der Waals surface area contributed by atoms with Gasteiger partial charge >= 0.3 is 0 Å². The quantitative estimate of drug-likeness (QED) is 0.707. The number of anilines is 1. The molecule has 26 heavy (non-hydrogen) atoms. The Kier molecular flexibility index (Phi) is 5.63. The van der Waals surface area contributed by atoms with Gasteiger partial charge in [0.1, 0.15) is 12.1 Å². The fraction of sp³-hybridized carbons (Fsp3) is 0.250. The number of aromatic nitrogens is 3. The molecule has 0 fully saturated rings. The predicted octanol–water partition coefficient (Wildman–Crippen LogP) is 3.54. The second-order valence-corrected chi connectivity index (χ2v) is 5.82. The molecule has 0 aliphatic rings. The van der Waals surface area contributed by atoms with E-state index in [2.05, 4.69) is 15.5 Å². The topological polar surface area (TPSA) is 69.0 Å². The van der Waals surface area contributed by atoms with E-state index in [1.807, 2.05) is 66.9 Å². The van der Waals surface area contributed by atoms with Crippen molar-refractivity contribution in [3.8, 4) is 17.1 Å². The Labute approximate surface area is 152 Å². The van der Waals surface area contributed by atoms with Crippen molar-refractivity contribution in [3.63, 3.8) is 0 Å². The summed E-state index contributed by atoms with van der Waals surface area (Å²) >= 11 is 0. The third-order valence-corrected chi connectivity index (χ3v) is 3.96. The first-order valence-electron chi connectivity index (χ1n) is 8.69. The molecule has 1 aromatic heterocycles. The fourth-order valence-electron chi connectivity index (χ4n) is 2.71. The smallest absolute Gasteiger partial charge is 0.228 e. The highest BCUT2D eigenvalue weighted by molar-refractivity contribution is 5.92. The van der Waals surface area contributed by atoms with E-state index in [0.29, 0.717) is 13.0 Å². The normalized spacial score (nSPS) is 10.5. The summed E-state index contributed by atoms with van der Waals surface area (Å²) in [5.41, 5.74) is 2.60. The van der Waals surface area contributed by atoms with E-state index < -0.39 is 0 Å². The van der Waals surface area contributed by atoms with Crippen molar-refractivity contribution >= 4 is 11.6 Å². The van der Waals surface area contributed by atoms with Gasteiger partial charge in [0, 0.05) is 17.8 Å². The zero-order valence-electron chi connectivity index (χ0n) is 15.0. The second-order valence-electron chi connectivity index (χ2n) is 5.82. The molecule has 0 radical (unpaired) electrons. The predicted molar refractivity (Wildman–Crippen MR) is 101 cm³/mol. The van der Waals surface area contributed by atoms with E-state index >= 15 is 0 Å². The summed E-state index contributed by atoms with van der Waals surface area (Å²) in [6.07, 6.45) is 2.01. The standard InChI is InChI=1S/C20H22N4O2/c1-3-24-14-21-23-20(24)16-6-5-7-17(13-16)22-19(25)12-15-8-10-18(11-9-15)26-4-2/h5-11,13-14H,3-4,12H2,1-2H3,(H,22,25). The molecule has 0 aliphatic heterocycles. The summed E-state index contributed by atoms with van der Waals surface area (Å²) in [6, 6.07) is 15.2. The van der Waals surface area contributed by atoms with Gasteiger partial charge in [-0.25, -0.2) is 0 Å². The molecule has 1 heterocycles. The van der Waals surface area contributed by atoms with Crippen LogP contribution in [0, 0.1) is 0 Å². The molecule has 2 aromatic carbocycles. The van der Waals surface area contributed by atoms with Crippen LogP contribution in [0.1, 0.15) is 19.4 Å². The molecule has 1 amide bonds. The summed E-state index contributed by atoms with van der Waals surface area (Å²) in [4.78, 5) is 12.3. The van der Waals surface area contributed by atoms with E-state index in [9.17, 15) is 4.79 Å². The van der Waals surface area contributed by atoms with Gasteiger partial charge < -0.3 is 14.6 Å². The van der Waals surface area contributed by atoms with Crippen LogP contribution < -0.4 is 10.1 Å². The van der Waals surface area contributed by atoms with E-state index in [4.69, 9.17) is 4.74 Å². The number of rotatable bonds is 7. The second kappa shape index (κ2) is 8.29. The molecule has 0 spiro atoms. The molecule has 0 atom stereocenters. The zero-order valence-corrected chi connectivity index (χ0v) is 15.0. The first kappa shape index (κ1) is 17.7. The molecule has 0 saturated carbocycles. The Morgan fingerprint density at radius 3 is 2.69 bits per heavy atom. The van der Waals surface area contributed by atoms with Crippen LogP contribution in [-0.4, -0.2) is 27.3 Å². The lowest BCUT2D eigenvalue weighted by atomic mass is 10.1. The number of nitrogens with one attached hydrogen (secondary N) is 1. The average molecular weight is 350 g/mol. The number of aryl methyl sites for hydroxylation is 1. The van der Waals surface area contributed by atoms with Gasteiger partial charge in [-0.1, -0.05) is 24.3 Å². The molecule has 1 N–H and O–H groups in total. The summed E-state index contributed by atoms with van der Waals surface area (Å²) in [5, 5.41) is 11.1. The van der Waals surface area contributed by atoms with Crippen molar-refractivity contribution < 1.29 is 9.53 Å². The Morgan fingerprint density at radius 1 is 1.15 bits per heavy atom. The first-order chi connectivity index (χ1) is 12.7. The maximum absolute atomic E-state index is 12.3. The van der Waals surface area contributed by atoms with Crippen molar-refractivity contribution in [1.29, 1.82) is 0 Å². The van der Waals surface area contributed by atoms with Crippen molar-refractivity contribution in [2.75, 3.05) is 11.9 Å². The number of ether oxygens (including phenoxy) is 1. The van der Waals surface area contributed by atoms with E-state index in [1.54, 1.807) is 6.33 Å². The summed E-state index contributed by atoms with van der Waals surface area (Å²) in [7, 11) is 0. The summed E-state index contributed by atoms with van der Waals surface area (Å²) in [6.45, 7) is 5.40. The minimum Gasteiger partial charge on any atom is -0.494 e. The van der Waals surface area contributed by atoms with Gasteiger partial charge in [0.25, 0.3) is 0 Å². The molecule has 3 rings (SSSR count). The Hall–Kier alpha value is -3.15. The molecule has 0 saturated heterocycles. The van der Waals surface area contributed by atoms with Gasteiger partial charge in [0.2, 0.25) is 5.91 Å². The number of nitrogens with zero attached hydrogens (tertiary/aromatic N) is 3. The summed E-state index contributed by atoms with van der Waals surface area (Å²) < 4.78 is 7.37. The largest absolute Gasteiger partial charge is 0.494 e. The Morgan fingerprint density at radius 2 is 1.96 bits per heavy atom. The third kappa shape index (κ3) is 4.27. The van der Waals surface area contributed by atoms with E-state index in [0.717, 1.165) is 34.9 Å². The molecular formula is C20H22N4O2. The van der Waals surface area contributed by atoms with Crippen LogP contribution in [0.25, 0.3) is 11.4 Å². The zero-order chi connectivity index (χ0) is 18.4. The maximum atomic E-state index is 12.3. The van der Waals surface area contributed by atoms with E-state index in [-0.39, 0.29) is 5.91 Å². The lowest BCUT2D eigenvalue weighted by molar-refractivity contribution is -0.115. The van der Waals surface area contributed by atoms with Crippen LogP contribution in [0.15, 0.2) is 54.9 Å². The lowest BCUT2D eigenvalue weighted by Gasteiger charge is -2.09. The van der Waals surface area contributed by atoms with E-state index in [1.165, 1.54) is 0 Å². The molecule has 134 valence electrons. The van der Waals surface area contributed by atoms with Gasteiger partial charge in [0.15, 0.2) is 5.82 Å². The SMILES string of the molecule is CCOc1ccc(CC(=O)Nc2cccc(-c3nncn3CC)c2)cc1. The van der Waals surface area contributed by atoms with Crippen LogP contribution in [0.3, 0.4) is 0 Å². The minimum absolute atomic E-state index is 0.0664. The van der Waals surface area contributed by atoms with Crippen LogP contribution >= 0.6 is 0 Å². The number of amides is 1. The average Bonchev–Trinajstić information content (AvgIpc) is 3.12. The van der Waals surface area contributed by atoms with Crippen LogP contribution in [0.5, 0.6) is 5.75 Å². The van der Waals surface area contributed by atoms with Crippen molar-refractivity contribution in [2.24, 2.45) is 0 Å². The molecule has 0 bridgehead atoms. The van der Waals surface area contributed by atoms with Crippen LogP contribution in [0.4, 0.5) is 5.69 Å². The van der Waals surface area contributed by atoms with Crippen LogP contribution in [0.2, 0.25) is 0 Å². The highest BCUT2D eigenvalue weighted by Crippen LogP contribution is 2.21. The first-order valence-corrected chi connectivity index (χ1v) is 8.69. The maximum Gasteiger partial charge on any atom is 0.228 e. The Bertz CT molecular complexity index is 872. The third-order valence-electron chi connectivity index (χ3n) is 3.96. The summed E-state index contributed by atoms with van der Waals surface area (Å²) in [5.74, 6) is 1.53. The Balaban J connectivity index is 1.67. The molecule has 0 aliphatic carbocycles. The number of carbonyl (C=O) groups excluding carboxylic acids is 1. The highest BCUT2D eigenvalue weighted by Gasteiger charge is 2.09. The van der Waals surface area contributed by atoms with Gasteiger partial charge in [-0.3, -0.25) is 4.79 Å². The minimum atomic E-state index is -0.0664. The highest BCUT2D eigenvalue weighted by atomic mass is 16.5. The van der Waals surface area contributed by atoms with Crippen molar-refractivity contribution in [3.05, 3.63) is 60.4 Å². The van der Waals surface area contributed by atoms with Crippen molar-refractivity contribution in [2.45, 2.75) is 26.8 Å². The number of hydrogen-bond donors (Lipinski definition) is 1. The van der Waals surface area contributed by atoms with Gasteiger partial charge in [0.05, 0.1) is 13.0 Å². The number of benzene rings is 2. The van der Waals surface area contributed by atoms with Gasteiger partial charge in [-0.15, -0.1) is 10.2 Å². The lowest BCUT2D eigenvalue weighted by Crippen LogP contribution is -2.14. The van der Waals surface area contributed by atoms with Gasteiger partial charge in [-0.2, -0.15) is 0 Å².